The summed E-state index contributed by atoms with van der Waals surface area (Å²) in [5, 5.41) is 4.99. The summed E-state index contributed by atoms with van der Waals surface area (Å²) in [5.41, 5.74) is 18.4. The molecule has 0 aromatic heterocycles. The molecule has 0 bridgehead atoms. The van der Waals surface area contributed by atoms with Crippen LogP contribution >= 0.6 is 0 Å². The van der Waals surface area contributed by atoms with Crippen molar-refractivity contribution in [2.24, 2.45) is 0 Å². The third-order valence-electron chi connectivity index (χ3n) is 13.7. The number of nitrogens with zero attached hydrogens (tertiary/aromatic N) is 1. The van der Waals surface area contributed by atoms with Crippen LogP contribution in [0.25, 0.3) is 66.1 Å². The van der Waals surface area contributed by atoms with Gasteiger partial charge >= 0.3 is 0 Å². The zero-order chi connectivity index (χ0) is 47.5. The number of rotatable bonds is 7. The number of hydrogen-bond acceptors (Lipinski definition) is 1. The van der Waals surface area contributed by atoms with E-state index in [4.69, 9.17) is 0 Å². The van der Waals surface area contributed by atoms with E-state index in [2.05, 4.69) is 276 Å². The number of anilines is 3. The van der Waals surface area contributed by atoms with Crippen molar-refractivity contribution in [2.75, 3.05) is 4.90 Å². The molecule has 0 N–H and O–H groups in total. The van der Waals surface area contributed by atoms with Crippen LogP contribution in [0, 0.1) is 0 Å². The third-order valence-corrected chi connectivity index (χ3v) is 13.7. The summed E-state index contributed by atoms with van der Waals surface area (Å²) in [6.45, 7) is 27.9. The van der Waals surface area contributed by atoms with Crippen molar-refractivity contribution < 1.29 is 0 Å². The fraction of sp³-hybridized carbons (Fsp3) is 0.242. The third kappa shape index (κ3) is 9.10. The molecule has 0 saturated heterocycles. The zero-order valence-corrected chi connectivity index (χ0v) is 41.8. The van der Waals surface area contributed by atoms with Gasteiger partial charge in [0.2, 0.25) is 0 Å². The van der Waals surface area contributed by atoms with Crippen molar-refractivity contribution in [3.8, 4) is 44.5 Å². The molecule has 0 fully saturated rings. The van der Waals surface area contributed by atoms with Crippen molar-refractivity contribution in [2.45, 2.75) is 105 Å². The highest BCUT2D eigenvalue weighted by Crippen LogP contribution is 2.49. The van der Waals surface area contributed by atoms with Gasteiger partial charge in [-0.15, -0.1) is 0 Å². The Morgan fingerprint density at radius 3 is 1.21 bits per heavy atom. The Labute approximate surface area is 401 Å². The van der Waals surface area contributed by atoms with E-state index in [1.54, 1.807) is 0 Å². The van der Waals surface area contributed by atoms with Crippen molar-refractivity contribution in [1.29, 1.82) is 0 Å². The minimum atomic E-state index is -0.0270. The van der Waals surface area contributed by atoms with Crippen LogP contribution < -0.4 is 4.90 Å². The number of fused-ring (bicyclic) bond motifs is 2. The Morgan fingerprint density at radius 1 is 0.284 bits per heavy atom. The van der Waals surface area contributed by atoms with E-state index in [0.29, 0.717) is 0 Å². The predicted octanol–water partition coefficient (Wildman–Crippen LogP) is 19.3. The summed E-state index contributed by atoms with van der Waals surface area (Å²) in [6.07, 6.45) is 0. The lowest BCUT2D eigenvalue weighted by Gasteiger charge is -2.31. The summed E-state index contributed by atoms with van der Waals surface area (Å²) in [6, 6.07) is 70.8. The summed E-state index contributed by atoms with van der Waals surface area (Å²) >= 11 is 0. The van der Waals surface area contributed by atoms with Crippen molar-refractivity contribution in [1.82, 2.24) is 0 Å². The Balaban J connectivity index is 1.31. The van der Waals surface area contributed by atoms with E-state index >= 15 is 0 Å². The van der Waals surface area contributed by atoms with Crippen LogP contribution in [-0.4, -0.2) is 0 Å². The lowest BCUT2D eigenvalue weighted by Crippen LogP contribution is -2.17. The molecule has 0 aliphatic carbocycles. The molecule has 336 valence electrons. The fourth-order valence-corrected chi connectivity index (χ4v) is 9.59. The summed E-state index contributed by atoms with van der Waals surface area (Å²) < 4.78 is 0. The van der Waals surface area contributed by atoms with Crippen LogP contribution in [0.2, 0.25) is 0 Å². The van der Waals surface area contributed by atoms with Crippen molar-refractivity contribution in [3.63, 3.8) is 0 Å². The molecule has 0 heterocycles. The largest absolute Gasteiger partial charge is 0.309 e. The minimum Gasteiger partial charge on any atom is -0.309 e. The molecule has 67 heavy (non-hydrogen) atoms. The van der Waals surface area contributed by atoms with Crippen LogP contribution in [0.4, 0.5) is 17.1 Å². The second-order valence-corrected chi connectivity index (χ2v) is 22.8. The van der Waals surface area contributed by atoms with Crippen LogP contribution in [0.5, 0.6) is 0 Å². The monoisotopic (exact) mass is 874 g/mol. The molecular weight excluding hydrogens is 807 g/mol. The quantitative estimate of drug-likeness (QED) is 0.154. The molecule has 0 spiro atoms. The van der Waals surface area contributed by atoms with Gasteiger partial charge in [0, 0.05) is 16.8 Å². The van der Waals surface area contributed by atoms with Crippen LogP contribution in [0.3, 0.4) is 0 Å². The van der Waals surface area contributed by atoms with Gasteiger partial charge in [-0.25, -0.2) is 0 Å². The van der Waals surface area contributed by atoms with Gasteiger partial charge < -0.3 is 4.90 Å². The summed E-state index contributed by atoms with van der Waals surface area (Å²) in [7, 11) is 0. The normalized spacial score (nSPS) is 12.5. The molecule has 0 atom stereocenters. The first-order valence-corrected chi connectivity index (χ1v) is 24.2. The van der Waals surface area contributed by atoms with Gasteiger partial charge in [0.1, 0.15) is 0 Å². The number of hydrogen-bond donors (Lipinski definition) is 0. The Bertz CT molecular complexity index is 3190. The molecule has 1 nitrogen and oxygen atoms in total. The molecule has 0 amide bonds. The average Bonchev–Trinajstić information content (AvgIpc) is 3.30. The number of benzene rings is 9. The lowest BCUT2D eigenvalue weighted by atomic mass is 9.78. The molecule has 0 aliphatic heterocycles. The minimum absolute atomic E-state index is 0.00683. The van der Waals surface area contributed by atoms with Gasteiger partial charge in [0.25, 0.3) is 0 Å². The molecule has 0 aliphatic rings. The van der Waals surface area contributed by atoms with Crippen LogP contribution in [-0.2, 0) is 21.7 Å². The first-order valence-electron chi connectivity index (χ1n) is 24.2. The molecule has 1 heteroatoms. The molecule has 0 saturated carbocycles. The molecular formula is C66H67N. The molecule has 9 aromatic rings. The van der Waals surface area contributed by atoms with E-state index in [1.807, 2.05) is 0 Å². The topological polar surface area (TPSA) is 3.24 Å². The molecule has 0 unspecified atom stereocenters. The highest BCUT2D eigenvalue weighted by molar-refractivity contribution is 6.09. The first-order chi connectivity index (χ1) is 31.8. The Kier molecular flexibility index (Phi) is 11.7. The van der Waals surface area contributed by atoms with Crippen LogP contribution in [0.15, 0.2) is 188 Å². The zero-order valence-electron chi connectivity index (χ0n) is 41.8. The van der Waals surface area contributed by atoms with Gasteiger partial charge in [-0.05, 0) is 123 Å². The van der Waals surface area contributed by atoms with Crippen LogP contribution in [0.1, 0.15) is 105 Å². The fourth-order valence-electron chi connectivity index (χ4n) is 9.59. The molecule has 9 rings (SSSR count). The van der Waals surface area contributed by atoms with E-state index in [-0.39, 0.29) is 21.7 Å². The molecule has 9 aromatic carbocycles. The van der Waals surface area contributed by atoms with Gasteiger partial charge in [-0.3, -0.25) is 0 Å². The van der Waals surface area contributed by atoms with Gasteiger partial charge in [-0.1, -0.05) is 247 Å². The van der Waals surface area contributed by atoms with E-state index < -0.39 is 0 Å². The Hall–Kier alpha value is -6.70. The highest BCUT2D eigenvalue weighted by atomic mass is 15.1. The maximum Gasteiger partial charge on any atom is 0.0540 e. The van der Waals surface area contributed by atoms with E-state index in [0.717, 1.165) is 17.1 Å². The predicted molar refractivity (Wildman–Crippen MR) is 293 cm³/mol. The van der Waals surface area contributed by atoms with Crippen molar-refractivity contribution >= 4 is 38.6 Å². The number of para-hydroxylation sites is 2. The highest BCUT2D eigenvalue weighted by Gasteiger charge is 2.27. The smallest absolute Gasteiger partial charge is 0.0540 e. The van der Waals surface area contributed by atoms with Gasteiger partial charge in [-0.2, -0.15) is 0 Å². The average molecular weight is 874 g/mol. The van der Waals surface area contributed by atoms with Gasteiger partial charge in [0.05, 0.1) is 11.4 Å². The Morgan fingerprint density at radius 2 is 0.672 bits per heavy atom. The molecule has 0 radical (unpaired) electrons. The van der Waals surface area contributed by atoms with Gasteiger partial charge in [0.15, 0.2) is 0 Å². The second-order valence-electron chi connectivity index (χ2n) is 22.8. The second kappa shape index (κ2) is 17.2. The SMILES string of the molecule is CC(C)(C)c1cc(-c2ccccc2N(c2ccc(-c3cccc4ccccc34)cc2)c2ccccc2-c2cccc3cccc(-c4cc(C(C)(C)C)cc(C(C)(C)C)c4)c23)cc(C(C)(C)C)c1. The standard InChI is InChI=1S/C66H67N/c1-63(2,3)49-38-47(39-50(42-49)64(4,5)6)56-27-15-17-32-60(56)67(53-36-34-45(35-37-53)55-29-19-23-44-22-13-14-26-54(44)55)61-33-18-16-28-58(61)59-31-21-25-46-24-20-30-57(62(46)59)48-40-51(65(7,8)9)43-52(41-48)66(10,11)12/h13-43H,1-12H3. The summed E-state index contributed by atoms with van der Waals surface area (Å²) in [4.78, 5) is 2.51. The first kappa shape index (κ1) is 45.5. The summed E-state index contributed by atoms with van der Waals surface area (Å²) in [5.74, 6) is 0. The van der Waals surface area contributed by atoms with E-state index in [9.17, 15) is 0 Å². The maximum atomic E-state index is 2.51. The van der Waals surface area contributed by atoms with Crippen molar-refractivity contribution in [3.05, 3.63) is 210 Å². The lowest BCUT2D eigenvalue weighted by molar-refractivity contribution is 0.568. The maximum absolute atomic E-state index is 2.51. The van der Waals surface area contributed by atoms with E-state index in [1.165, 1.54) is 88.3 Å².